The molecule has 0 bridgehead atoms. The molecule has 0 aromatic rings. The second-order valence-corrected chi connectivity index (χ2v) is 5.90. The Morgan fingerprint density at radius 2 is 1.89 bits per heavy atom. The van der Waals surface area contributed by atoms with Crippen LogP contribution in [-0.2, 0) is 4.79 Å². The summed E-state index contributed by atoms with van der Waals surface area (Å²) >= 11 is 0. The Labute approximate surface area is 111 Å². The predicted octanol–water partition coefficient (Wildman–Crippen LogP) is 2.56. The molecule has 104 valence electrons. The van der Waals surface area contributed by atoms with E-state index >= 15 is 0 Å². The van der Waals surface area contributed by atoms with Crippen molar-refractivity contribution in [3.8, 4) is 0 Å². The molecule has 2 unspecified atom stereocenters. The first kappa shape index (κ1) is 13.9. The molecule has 2 atom stereocenters. The lowest BCUT2D eigenvalue weighted by molar-refractivity contribution is -0.140. The SMILES string of the molecule is CCC1CN(C(=O)C2CCCCC2)C(CC)CN1. The zero-order valence-electron chi connectivity index (χ0n) is 12.0. The number of nitrogens with zero attached hydrogens (tertiary/aromatic N) is 1. The van der Waals surface area contributed by atoms with Gasteiger partial charge in [0.15, 0.2) is 0 Å². The van der Waals surface area contributed by atoms with Crippen LogP contribution in [0, 0.1) is 5.92 Å². The summed E-state index contributed by atoms with van der Waals surface area (Å²) in [5, 5.41) is 3.56. The van der Waals surface area contributed by atoms with Crippen LogP contribution in [-0.4, -0.2) is 36.0 Å². The van der Waals surface area contributed by atoms with Crippen LogP contribution in [0.4, 0.5) is 0 Å². The zero-order valence-corrected chi connectivity index (χ0v) is 12.0. The molecule has 1 heterocycles. The lowest BCUT2D eigenvalue weighted by Gasteiger charge is -2.42. The van der Waals surface area contributed by atoms with E-state index < -0.39 is 0 Å². The third-order valence-corrected chi connectivity index (χ3v) is 4.70. The normalized spacial score (nSPS) is 30.4. The second kappa shape index (κ2) is 6.55. The van der Waals surface area contributed by atoms with Gasteiger partial charge in [-0.1, -0.05) is 33.1 Å². The Kier molecular flexibility index (Phi) is 5.04. The van der Waals surface area contributed by atoms with Crippen molar-refractivity contribution in [1.29, 1.82) is 0 Å². The van der Waals surface area contributed by atoms with Gasteiger partial charge in [-0.25, -0.2) is 0 Å². The third-order valence-electron chi connectivity index (χ3n) is 4.70. The van der Waals surface area contributed by atoms with Crippen molar-refractivity contribution >= 4 is 5.91 Å². The molecule has 1 amide bonds. The molecule has 1 N–H and O–H groups in total. The van der Waals surface area contributed by atoms with Crippen molar-refractivity contribution in [3.63, 3.8) is 0 Å². The fraction of sp³-hybridized carbons (Fsp3) is 0.933. The minimum absolute atomic E-state index is 0.323. The van der Waals surface area contributed by atoms with Crippen molar-refractivity contribution in [2.45, 2.75) is 70.9 Å². The monoisotopic (exact) mass is 252 g/mol. The van der Waals surface area contributed by atoms with E-state index in [2.05, 4.69) is 24.1 Å². The predicted molar refractivity (Wildman–Crippen MR) is 74.4 cm³/mol. The number of piperazine rings is 1. The summed E-state index contributed by atoms with van der Waals surface area (Å²) in [5.74, 6) is 0.768. The molecule has 1 aliphatic heterocycles. The molecular formula is C15H28N2O. The maximum atomic E-state index is 12.7. The molecule has 0 radical (unpaired) electrons. The van der Waals surface area contributed by atoms with Crippen LogP contribution in [0.3, 0.4) is 0 Å². The molecule has 0 aromatic heterocycles. The highest BCUT2D eigenvalue weighted by Crippen LogP contribution is 2.27. The van der Waals surface area contributed by atoms with Gasteiger partial charge < -0.3 is 10.2 Å². The highest BCUT2D eigenvalue weighted by atomic mass is 16.2. The van der Waals surface area contributed by atoms with Gasteiger partial charge in [-0.15, -0.1) is 0 Å². The van der Waals surface area contributed by atoms with Crippen LogP contribution in [0.2, 0.25) is 0 Å². The molecule has 1 aliphatic carbocycles. The first-order valence-corrected chi connectivity index (χ1v) is 7.80. The van der Waals surface area contributed by atoms with E-state index in [9.17, 15) is 4.79 Å². The van der Waals surface area contributed by atoms with Gasteiger partial charge in [-0.3, -0.25) is 4.79 Å². The number of carbonyl (C=O) groups excluding carboxylic acids is 1. The molecule has 3 nitrogen and oxygen atoms in total. The van der Waals surface area contributed by atoms with Gasteiger partial charge in [0.25, 0.3) is 0 Å². The van der Waals surface area contributed by atoms with Crippen molar-refractivity contribution in [2.24, 2.45) is 5.92 Å². The van der Waals surface area contributed by atoms with E-state index in [0.29, 0.717) is 23.9 Å². The van der Waals surface area contributed by atoms with Gasteiger partial charge in [-0.05, 0) is 25.7 Å². The maximum Gasteiger partial charge on any atom is 0.226 e. The van der Waals surface area contributed by atoms with Gasteiger partial charge in [0, 0.05) is 31.1 Å². The number of carbonyl (C=O) groups is 1. The van der Waals surface area contributed by atoms with Crippen LogP contribution in [0.1, 0.15) is 58.8 Å². The Balaban J connectivity index is 1.99. The largest absolute Gasteiger partial charge is 0.337 e. The Morgan fingerprint density at radius 3 is 2.50 bits per heavy atom. The molecule has 1 saturated heterocycles. The topological polar surface area (TPSA) is 32.3 Å². The van der Waals surface area contributed by atoms with Crippen molar-refractivity contribution in [2.75, 3.05) is 13.1 Å². The first-order chi connectivity index (χ1) is 8.76. The summed E-state index contributed by atoms with van der Waals surface area (Å²) in [5.41, 5.74) is 0. The maximum absolute atomic E-state index is 12.7. The molecular weight excluding hydrogens is 224 g/mol. The van der Waals surface area contributed by atoms with Gasteiger partial charge in [0.1, 0.15) is 0 Å². The van der Waals surface area contributed by atoms with Gasteiger partial charge >= 0.3 is 0 Å². The summed E-state index contributed by atoms with van der Waals surface area (Å²) in [7, 11) is 0. The number of hydrogen-bond donors (Lipinski definition) is 1. The number of nitrogens with one attached hydrogen (secondary N) is 1. The number of amides is 1. The standard InChI is InChI=1S/C15H28N2O/c1-3-13-11-17(14(4-2)10-16-13)15(18)12-8-6-5-7-9-12/h12-14,16H,3-11H2,1-2H3. The van der Waals surface area contributed by atoms with Crippen LogP contribution >= 0.6 is 0 Å². The van der Waals surface area contributed by atoms with Crippen LogP contribution in [0.5, 0.6) is 0 Å². The third kappa shape index (κ3) is 3.05. The summed E-state index contributed by atoms with van der Waals surface area (Å²) < 4.78 is 0. The van der Waals surface area contributed by atoms with Crippen LogP contribution < -0.4 is 5.32 Å². The average molecular weight is 252 g/mol. The number of rotatable bonds is 3. The van der Waals surface area contributed by atoms with Crippen LogP contribution in [0.15, 0.2) is 0 Å². The van der Waals surface area contributed by atoms with Gasteiger partial charge in [-0.2, -0.15) is 0 Å². The molecule has 1 saturated carbocycles. The summed E-state index contributed by atoms with van der Waals surface area (Å²) in [6.07, 6.45) is 8.24. The minimum Gasteiger partial charge on any atom is -0.337 e. The average Bonchev–Trinajstić information content (AvgIpc) is 2.46. The van der Waals surface area contributed by atoms with Gasteiger partial charge in [0.2, 0.25) is 5.91 Å². The summed E-state index contributed by atoms with van der Waals surface area (Å²) in [4.78, 5) is 14.9. The molecule has 18 heavy (non-hydrogen) atoms. The Bertz CT molecular complexity index is 274. The van der Waals surface area contributed by atoms with E-state index in [4.69, 9.17) is 0 Å². The van der Waals surface area contributed by atoms with Crippen molar-refractivity contribution < 1.29 is 4.79 Å². The fourth-order valence-corrected chi connectivity index (χ4v) is 3.36. The molecule has 2 rings (SSSR count). The van der Waals surface area contributed by atoms with Crippen LogP contribution in [0.25, 0.3) is 0 Å². The molecule has 2 aliphatic rings. The molecule has 2 fully saturated rings. The van der Waals surface area contributed by atoms with E-state index in [1.165, 1.54) is 19.3 Å². The summed E-state index contributed by atoms with van der Waals surface area (Å²) in [6, 6.07) is 0.919. The lowest BCUT2D eigenvalue weighted by Crippen LogP contribution is -2.59. The Hall–Kier alpha value is -0.570. The van der Waals surface area contributed by atoms with Crippen molar-refractivity contribution in [3.05, 3.63) is 0 Å². The van der Waals surface area contributed by atoms with E-state index in [1.807, 2.05) is 0 Å². The first-order valence-electron chi connectivity index (χ1n) is 7.80. The van der Waals surface area contributed by atoms with E-state index in [0.717, 1.165) is 38.8 Å². The molecule has 0 aromatic carbocycles. The molecule has 0 spiro atoms. The van der Waals surface area contributed by atoms with E-state index in [1.54, 1.807) is 0 Å². The Morgan fingerprint density at radius 1 is 1.17 bits per heavy atom. The summed E-state index contributed by atoms with van der Waals surface area (Å²) in [6.45, 7) is 6.30. The highest BCUT2D eigenvalue weighted by molar-refractivity contribution is 5.79. The lowest BCUT2D eigenvalue weighted by atomic mass is 9.87. The minimum atomic E-state index is 0.323. The van der Waals surface area contributed by atoms with Crippen molar-refractivity contribution in [1.82, 2.24) is 10.2 Å². The second-order valence-electron chi connectivity index (χ2n) is 5.90. The van der Waals surface area contributed by atoms with E-state index in [-0.39, 0.29) is 0 Å². The number of hydrogen-bond acceptors (Lipinski definition) is 2. The van der Waals surface area contributed by atoms with Gasteiger partial charge in [0.05, 0.1) is 0 Å². The zero-order chi connectivity index (χ0) is 13.0. The highest BCUT2D eigenvalue weighted by Gasteiger charge is 2.33. The smallest absolute Gasteiger partial charge is 0.226 e. The quantitative estimate of drug-likeness (QED) is 0.837. The molecule has 3 heteroatoms. The fourth-order valence-electron chi connectivity index (χ4n) is 3.36.